The van der Waals surface area contributed by atoms with E-state index in [2.05, 4.69) is 24.4 Å². The Labute approximate surface area is 88.3 Å². The van der Waals surface area contributed by atoms with Gasteiger partial charge in [-0.25, -0.2) is 0 Å². The van der Waals surface area contributed by atoms with Crippen LogP contribution in [0.1, 0.15) is 5.56 Å². The van der Waals surface area contributed by atoms with E-state index in [0.717, 1.165) is 0 Å². The van der Waals surface area contributed by atoms with Crippen LogP contribution in [0.2, 0.25) is 0 Å². The first kappa shape index (κ1) is 13.6. The normalized spacial score (nSPS) is 7.18. The van der Waals surface area contributed by atoms with Crippen molar-refractivity contribution >= 4 is 0 Å². The first-order valence-electron chi connectivity index (χ1n) is 3.31. The molecule has 0 aromatic heterocycles. The van der Waals surface area contributed by atoms with E-state index in [1.165, 1.54) is 5.56 Å². The third kappa shape index (κ3) is 10.1. The van der Waals surface area contributed by atoms with Crippen molar-refractivity contribution in [1.82, 2.24) is 0 Å². The van der Waals surface area contributed by atoms with Gasteiger partial charge < -0.3 is 5.32 Å². The van der Waals surface area contributed by atoms with Crippen LogP contribution < -0.4 is 0 Å². The molecule has 0 aliphatic heterocycles. The molecule has 1 aromatic rings. The maximum absolute atomic E-state index is 3.50. The quantitative estimate of drug-likeness (QED) is 0.647. The molecule has 0 unspecified atom stereocenters. The van der Waals surface area contributed by atoms with Crippen molar-refractivity contribution in [3.63, 3.8) is 0 Å². The average Bonchev–Trinajstić information content (AvgIpc) is 1.91. The van der Waals surface area contributed by atoms with Crippen molar-refractivity contribution in [2.24, 2.45) is 0 Å². The Morgan fingerprint density at radius 2 is 1.36 bits per heavy atom. The molecule has 1 rings (SSSR count). The van der Waals surface area contributed by atoms with E-state index in [0.29, 0.717) is 0 Å². The molecule has 0 saturated heterocycles. The van der Waals surface area contributed by atoms with Crippen LogP contribution >= 0.6 is 0 Å². The molecule has 0 heterocycles. The van der Waals surface area contributed by atoms with Crippen molar-refractivity contribution in [2.45, 2.75) is 6.92 Å². The molecule has 0 bridgehead atoms. The SMILES string of the molecule is C[N-]C.Cc1ccccc1.[Zr]. The summed E-state index contributed by atoms with van der Waals surface area (Å²) in [6, 6.07) is 10.3. The molecule has 11 heavy (non-hydrogen) atoms. The Morgan fingerprint density at radius 1 is 1.00 bits per heavy atom. The van der Waals surface area contributed by atoms with Crippen molar-refractivity contribution in [3.05, 3.63) is 41.2 Å². The van der Waals surface area contributed by atoms with Gasteiger partial charge in [0.15, 0.2) is 0 Å². The molecule has 0 atom stereocenters. The van der Waals surface area contributed by atoms with Crippen molar-refractivity contribution < 1.29 is 26.2 Å². The molecule has 0 aliphatic rings. The van der Waals surface area contributed by atoms with E-state index >= 15 is 0 Å². The van der Waals surface area contributed by atoms with E-state index < -0.39 is 0 Å². The van der Waals surface area contributed by atoms with E-state index in [1.807, 2.05) is 18.2 Å². The van der Waals surface area contributed by atoms with Gasteiger partial charge in [-0.1, -0.05) is 35.9 Å². The zero-order valence-corrected chi connectivity index (χ0v) is 9.79. The van der Waals surface area contributed by atoms with Crippen LogP contribution in [0.15, 0.2) is 30.3 Å². The number of rotatable bonds is 0. The summed E-state index contributed by atoms with van der Waals surface area (Å²) in [6.45, 7) is 2.08. The number of benzene rings is 1. The molecule has 2 heteroatoms. The fraction of sp³-hybridized carbons (Fsp3) is 0.333. The number of nitrogens with zero attached hydrogens (tertiary/aromatic N) is 1. The zero-order valence-electron chi connectivity index (χ0n) is 7.33. The number of aryl methyl sites for hydroxylation is 1. The minimum atomic E-state index is 0. The molecule has 0 saturated carbocycles. The van der Waals surface area contributed by atoms with E-state index in [4.69, 9.17) is 0 Å². The van der Waals surface area contributed by atoms with Crippen LogP contribution in [0.3, 0.4) is 0 Å². The maximum Gasteiger partial charge on any atom is 0 e. The van der Waals surface area contributed by atoms with Crippen LogP contribution in [0.4, 0.5) is 0 Å². The molecule has 0 radical (unpaired) electrons. The second-order valence-electron chi connectivity index (χ2n) is 2.10. The molecule has 0 aliphatic carbocycles. The third-order valence-electron chi connectivity index (χ3n) is 0.940. The van der Waals surface area contributed by atoms with Crippen molar-refractivity contribution in [3.8, 4) is 0 Å². The summed E-state index contributed by atoms with van der Waals surface area (Å²) in [5, 5.41) is 3.50. The maximum atomic E-state index is 3.50. The van der Waals surface area contributed by atoms with Gasteiger partial charge in [0.1, 0.15) is 0 Å². The van der Waals surface area contributed by atoms with E-state index in [9.17, 15) is 0 Å². The van der Waals surface area contributed by atoms with Crippen LogP contribution in [-0.4, -0.2) is 14.1 Å². The van der Waals surface area contributed by atoms with Gasteiger partial charge in [0, 0.05) is 26.2 Å². The zero-order chi connectivity index (χ0) is 7.82. The molecular formula is C9H14NZr-. The molecule has 0 fully saturated rings. The topological polar surface area (TPSA) is 14.1 Å². The largest absolute Gasteiger partial charge is 0.668 e. The van der Waals surface area contributed by atoms with Crippen molar-refractivity contribution in [1.29, 1.82) is 0 Å². The Balaban J connectivity index is 0. The van der Waals surface area contributed by atoms with Gasteiger partial charge in [0.25, 0.3) is 0 Å². The Bertz CT molecular complexity index is 151. The predicted molar refractivity (Wildman–Crippen MR) is 46.4 cm³/mol. The van der Waals surface area contributed by atoms with Crippen LogP contribution in [-0.2, 0) is 26.2 Å². The Morgan fingerprint density at radius 3 is 1.55 bits per heavy atom. The van der Waals surface area contributed by atoms with Gasteiger partial charge >= 0.3 is 0 Å². The summed E-state index contributed by atoms with van der Waals surface area (Å²) in [6.07, 6.45) is 0. The molecule has 1 aromatic carbocycles. The minimum Gasteiger partial charge on any atom is -0.668 e. The molecule has 0 amide bonds. The van der Waals surface area contributed by atoms with Crippen LogP contribution in [0, 0.1) is 6.92 Å². The Kier molecular flexibility index (Phi) is 12.5. The summed E-state index contributed by atoms with van der Waals surface area (Å²) in [5.41, 5.74) is 1.32. The molecule has 1 nitrogen and oxygen atoms in total. The fourth-order valence-electron chi connectivity index (χ4n) is 0.534. The van der Waals surface area contributed by atoms with Gasteiger partial charge in [0.2, 0.25) is 0 Å². The predicted octanol–water partition coefficient (Wildman–Crippen LogP) is 2.61. The Hall–Kier alpha value is 0.0631. The minimum absolute atomic E-state index is 0. The van der Waals surface area contributed by atoms with Gasteiger partial charge in [-0.3, -0.25) is 0 Å². The summed E-state index contributed by atoms with van der Waals surface area (Å²) < 4.78 is 0. The van der Waals surface area contributed by atoms with E-state index in [1.54, 1.807) is 14.1 Å². The van der Waals surface area contributed by atoms with Crippen molar-refractivity contribution in [2.75, 3.05) is 14.1 Å². The van der Waals surface area contributed by atoms with Gasteiger partial charge in [-0.05, 0) is 6.92 Å². The summed E-state index contributed by atoms with van der Waals surface area (Å²) in [7, 11) is 3.50. The van der Waals surface area contributed by atoms with Gasteiger partial charge in [-0.15, -0.1) is 0 Å². The molecule has 0 N–H and O–H groups in total. The summed E-state index contributed by atoms with van der Waals surface area (Å²) >= 11 is 0. The third-order valence-corrected chi connectivity index (χ3v) is 0.940. The van der Waals surface area contributed by atoms with Gasteiger partial charge in [-0.2, -0.15) is 14.1 Å². The van der Waals surface area contributed by atoms with Crippen LogP contribution in [0.25, 0.3) is 5.32 Å². The first-order chi connectivity index (χ1) is 4.81. The van der Waals surface area contributed by atoms with Gasteiger partial charge in [0.05, 0.1) is 0 Å². The second kappa shape index (κ2) is 10.1. The second-order valence-corrected chi connectivity index (χ2v) is 2.10. The monoisotopic (exact) mass is 226 g/mol. The molecule has 60 valence electrons. The summed E-state index contributed by atoms with van der Waals surface area (Å²) in [4.78, 5) is 0. The smallest absolute Gasteiger partial charge is 0 e. The van der Waals surface area contributed by atoms with E-state index in [-0.39, 0.29) is 26.2 Å². The molecule has 0 spiro atoms. The average molecular weight is 227 g/mol. The molecular weight excluding hydrogens is 213 g/mol. The van der Waals surface area contributed by atoms with Crippen LogP contribution in [0.5, 0.6) is 0 Å². The standard InChI is InChI=1S/C7H8.C2H6N.Zr/c1-7-5-3-2-4-6-7;1-3-2;/h2-6H,1H3;1-2H3;/q;-1;. The first-order valence-corrected chi connectivity index (χ1v) is 3.31. The number of hydrogen-bond acceptors (Lipinski definition) is 0. The summed E-state index contributed by atoms with van der Waals surface area (Å²) in [5.74, 6) is 0. The number of hydrogen-bond donors (Lipinski definition) is 0. The fourth-order valence-corrected chi connectivity index (χ4v) is 0.534.